The average molecular weight is 502 g/mol. The summed E-state index contributed by atoms with van der Waals surface area (Å²) < 4.78 is 35.9. The van der Waals surface area contributed by atoms with Crippen molar-refractivity contribution in [1.29, 1.82) is 0 Å². The number of methoxy groups -OCH3 is 1. The molecule has 1 fully saturated rings. The normalized spacial score (nSPS) is 16.1. The Hall–Kier alpha value is -3.71. The molecule has 0 saturated carbocycles. The zero-order chi connectivity index (χ0) is 25.0. The molecule has 3 heterocycles. The minimum absolute atomic E-state index is 0.0640. The Morgan fingerprint density at radius 1 is 1.20 bits per heavy atom. The maximum Gasteiger partial charge on any atom is 0.324 e. The molecule has 13 heteroatoms. The van der Waals surface area contributed by atoms with Crippen molar-refractivity contribution in [3.05, 3.63) is 48.3 Å². The van der Waals surface area contributed by atoms with Gasteiger partial charge in [0.1, 0.15) is 11.6 Å². The molecule has 0 unspecified atom stereocenters. The van der Waals surface area contributed by atoms with Gasteiger partial charge in [0.2, 0.25) is 0 Å². The van der Waals surface area contributed by atoms with E-state index in [1.54, 1.807) is 49.7 Å². The van der Waals surface area contributed by atoms with Crippen LogP contribution in [0.2, 0.25) is 0 Å². The van der Waals surface area contributed by atoms with E-state index in [4.69, 9.17) is 9.47 Å². The zero-order valence-corrected chi connectivity index (χ0v) is 20.4. The maximum absolute atomic E-state index is 12.4. The lowest BCUT2D eigenvalue weighted by molar-refractivity contribution is 0.0985. The summed E-state index contributed by atoms with van der Waals surface area (Å²) in [5, 5.41) is 9.71. The van der Waals surface area contributed by atoms with Crippen molar-refractivity contribution in [3.63, 3.8) is 0 Å². The lowest BCUT2D eigenvalue weighted by atomic mass is 10.2. The van der Waals surface area contributed by atoms with E-state index in [1.807, 2.05) is 11.8 Å². The van der Waals surface area contributed by atoms with E-state index in [-0.39, 0.29) is 23.6 Å². The molecule has 12 nitrogen and oxygen atoms in total. The molecule has 2 N–H and O–H groups in total. The van der Waals surface area contributed by atoms with Gasteiger partial charge in [0.25, 0.3) is 5.95 Å². The van der Waals surface area contributed by atoms with E-state index < -0.39 is 15.9 Å². The third-order valence-corrected chi connectivity index (χ3v) is 6.03. The minimum Gasteiger partial charge on any atom is -0.497 e. The molecule has 1 saturated heterocycles. The van der Waals surface area contributed by atoms with Crippen molar-refractivity contribution in [2.45, 2.75) is 18.7 Å². The molecule has 1 aliphatic heterocycles. The van der Waals surface area contributed by atoms with Crippen LogP contribution in [0.3, 0.4) is 0 Å². The summed E-state index contributed by atoms with van der Waals surface area (Å²) in [6.45, 7) is 3.71. The van der Waals surface area contributed by atoms with Crippen molar-refractivity contribution >= 4 is 33.2 Å². The third kappa shape index (κ3) is 6.45. The fraction of sp³-hybridized carbons (Fsp3) is 0.364. The number of aromatic nitrogens is 4. The number of ether oxygens (including phenoxy) is 2. The van der Waals surface area contributed by atoms with E-state index >= 15 is 0 Å². The molecule has 1 aliphatic rings. The van der Waals surface area contributed by atoms with Crippen molar-refractivity contribution in [1.82, 2.24) is 19.7 Å². The lowest BCUT2D eigenvalue weighted by Crippen LogP contribution is -2.44. The second-order valence-corrected chi connectivity index (χ2v) is 10.3. The summed E-state index contributed by atoms with van der Waals surface area (Å²) in [6.07, 6.45) is 2.75. The Bertz CT molecular complexity index is 1290. The molecule has 186 valence electrons. The number of nitrogens with one attached hydrogen (secondary N) is 2. The number of nitrogens with zero attached hydrogens (tertiary/aromatic N) is 5. The predicted molar refractivity (Wildman–Crippen MR) is 131 cm³/mol. The summed E-state index contributed by atoms with van der Waals surface area (Å²) in [5.74, 6) is 1.51. The molecule has 1 atom stereocenters. The first-order valence-electron chi connectivity index (χ1n) is 10.9. The van der Waals surface area contributed by atoms with Crippen molar-refractivity contribution in [3.8, 4) is 11.7 Å². The van der Waals surface area contributed by atoms with Gasteiger partial charge in [0.15, 0.2) is 15.7 Å². The van der Waals surface area contributed by atoms with E-state index in [2.05, 4.69) is 25.7 Å². The van der Waals surface area contributed by atoms with Gasteiger partial charge >= 0.3 is 6.03 Å². The summed E-state index contributed by atoms with van der Waals surface area (Å²) in [6, 6.07) is 9.76. The molecule has 1 aromatic carbocycles. The molecule has 0 aliphatic carbocycles. The number of hydrogen-bond acceptors (Lipinski definition) is 9. The van der Waals surface area contributed by atoms with Crippen LogP contribution in [-0.2, 0) is 20.3 Å². The topological polar surface area (TPSA) is 141 Å². The van der Waals surface area contributed by atoms with Crippen LogP contribution in [0.1, 0.15) is 12.6 Å². The van der Waals surface area contributed by atoms with Gasteiger partial charge in [0, 0.05) is 36.8 Å². The van der Waals surface area contributed by atoms with Gasteiger partial charge in [0.05, 0.1) is 37.8 Å². The van der Waals surface area contributed by atoms with Crippen LogP contribution < -0.4 is 20.3 Å². The van der Waals surface area contributed by atoms with E-state index in [9.17, 15) is 13.2 Å². The van der Waals surface area contributed by atoms with Gasteiger partial charge in [-0.3, -0.25) is 5.32 Å². The SMILES string of the molecule is COc1ccc(NC(=O)Nc2ccn(-c3nc(CS(C)(=O)=O)cc(N4CCOC[C@@H]4C)n3)n2)cc1. The second kappa shape index (κ2) is 10.3. The smallest absolute Gasteiger partial charge is 0.324 e. The first kappa shape index (κ1) is 24.4. The predicted octanol–water partition coefficient (Wildman–Crippen LogP) is 2.08. The summed E-state index contributed by atoms with van der Waals surface area (Å²) in [4.78, 5) is 23.4. The standard InChI is InChI=1S/C22H27N7O5S/c1-15-13-34-11-10-28(15)20-12-17(14-35(3,31)32)23-21(26-20)29-9-8-19(27-29)25-22(30)24-16-4-6-18(33-2)7-5-16/h4-9,12,15H,10-11,13-14H2,1-3H3,(H2,24,25,27,30)/t15-/m0/s1. The van der Waals surface area contributed by atoms with Crippen molar-refractivity contribution in [2.75, 3.05) is 48.7 Å². The number of carbonyl (C=O) groups excluding carboxylic acids is 1. The highest BCUT2D eigenvalue weighted by Gasteiger charge is 2.23. The number of amides is 2. The van der Waals surface area contributed by atoms with Crippen LogP contribution in [0.25, 0.3) is 5.95 Å². The summed E-state index contributed by atoms with van der Waals surface area (Å²) >= 11 is 0. The fourth-order valence-electron chi connectivity index (χ4n) is 3.58. The Morgan fingerprint density at radius 2 is 1.97 bits per heavy atom. The van der Waals surface area contributed by atoms with E-state index in [0.717, 1.165) is 6.26 Å². The van der Waals surface area contributed by atoms with Crippen LogP contribution in [0.15, 0.2) is 42.6 Å². The maximum atomic E-state index is 12.4. The quantitative estimate of drug-likeness (QED) is 0.498. The number of benzene rings is 1. The fourth-order valence-corrected chi connectivity index (χ4v) is 4.27. The van der Waals surface area contributed by atoms with Gasteiger partial charge in [-0.15, -0.1) is 5.10 Å². The molecule has 35 heavy (non-hydrogen) atoms. The second-order valence-electron chi connectivity index (χ2n) is 8.16. The highest BCUT2D eigenvalue weighted by molar-refractivity contribution is 7.89. The Morgan fingerprint density at radius 3 is 2.66 bits per heavy atom. The molecule has 0 spiro atoms. The molecule has 3 aromatic rings. The van der Waals surface area contributed by atoms with Crippen molar-refractivity contribution in [2.24, 2.45) is 0 Å². The third-order valence-electron chi connectivity index (χ3n) is 5.21. The first-order valence-corrected chi connectivity index (χ1v) is 12.9. The number of morpholine rings is 1. The molecule has 0 radical (unpaired) electrons. The number of anilines is 3. The van der Waals surface area contributed by atoms with Crippen LogP contribution in [0.5, 0.6) is 5.75 Å². The van der Waals surface area contributed by atoms with Gasteiger partial charge in [-0.25, -0.2) is 22.9 Å². The lowest BCUT2D eigenvalue weighted by Gasteiger charge is -2.34. The number of carbonyl (C=O) groups is 1. The number of sulfone groups is 1. The molecule has 2 amide bonds. The van der Waals surface area contributed by atoms with Gasteiger partial charge in [-0.2, -0.15) is 4.98 Å². The minimum atomic E-state index is -3.32. The Labute approximate surface area is 203 Å². The van der Waals surface area contributed by atoms with Crippen LogP contribution in [-0.4, -0.2) is 73.4 Å². The summed E-state index contributed by atoms with van der Waals surface area (Å²) in [5.41, 5.74) is 0.942. The summed E-state index contributed by atoms with van der Waals surface area (Å²) in [7, 11) is -1.75. The van der Waals surface area contributed by atoms with Crippen LogP contribution >= 0.6 is 0 Å². The van der Waals surface area contributed by atoms with Gasteiger partial charge in [-0.1, -0.05) is 0 Å². The van der Waals surface area contributed by atoms with Crippen LogP contribution in [0, 0.1) is 0 Å². The monoisotopic (exact) mass is 501 g/mol. The largest absolute Gasteiger partial charge is 0.497 e. The van der Waals surface area contributed by atoms with Gasteiger partial charge in [-0.05, 0) is 31.2 Å². The number of urea groups is 1. The van der Waals surface area contributed by atoms with E-state index in [0.29, 0.717) is 42.7 Å². The van der Waals surface area contributed by atoms with Crippen LogP contribution in [0.4, 0.5) is 22.1 Å². The highest BCUT2D eigenvalue weighted by Crippen LogP contribution is 2.21. The van der Waals surface area contributed by atoms with Crippen molar-refractivity contribution < 1.29 is 22.7 Å². The zero-order valence-electron chi connectivity index (χ0n) is 19.6. The molecule has 0 bridgehead atoms. The molecular weight excluding hydrogens is 474 g/mol. The average Bonchev–Trinajstić information content (AvgIpc) is 3.27. The number of hydrogen-bond donors (Lipinski definition) is 2. The molecule has 2 aromatic heterocycles. The highest BCUT2D eigenvalue weighted by atomic mass is 32.2. The Balaban J connectivity index is 1.54. The molecule has 4 rings (SSSR count). The van der Waals surface area contributed by atoms with E-state index in [1.165, 1.54) is 4.68 Å². The number of rotatable bonds is 7. The molecular formula is C22H27N7O5S. The first-order chi connectivity index (χ1) is 16.7. The van der Waals surface area contributed by atoms with Gasteiger partial charge < -0.3 is 19.7 Å². The Kier molecular flexibility index (Phi) is 7.17.